The summed E-state index contributed by atoms with van der Waals surface area (Å²) in [5.41, 5.74) is 4.24. The molecular weight excluding hydrogens is 534 g/mol. The van der Waals surface area contributed by atoms with Crippen LogP contribution < -0.4 is 5.32 Å². The van der Waals surface area contributed by atoms with Crippen molar-refractivity contribution >= 4 is 18.0 Å². The van der Waals surface area contributed by atoms with Crippen LogP contribution in [-0.2, 0) is 33.3 Å². The summed E-state index contributed by atoms with van der Waals surface area (Å²) in [4.78, 5) is 36.8. The Morgan fingerprint density at radius 1 is 0.976 bits per heavy atom. The zero-order valence-corrected chi connectivity index (χ0v) is 22.9. The van der Waals surface area contributed by atoms with Gasteiger partial charge in [-0.25, -0.2) is 9.59 Å². The van der Waals surface area contributed by atoms with Crippen LogP contribution in [0.3, 0.4) is 0 Å². The van der Waals surface area contributed by atoms with Gasteiger partial charge in [0.05, 0.1) is 12.7 Å². The van der Waals surface area contributed by atoms with Crippen molar-refractivity contribution in [1.29, 1.82) is 0 Å². The van der Waals surface area contributed by atoms with E-state index < -0.39 is 61.2 Å². The second kappa shape index (κ2) is 13.7. The zero-order chi connectivity index (χ0) is 29.5. The van der Waals surface area contributed by atoms with Gasteiger partial charge in [-0.1, -0.05) is 68.1 Å². The van der Waals surface area contributed by atoms with Crippen molar-refractivity contribution in [2.45, 2.75) is 50.4 Å². The number of hydrogen-bond donors (Lipinski definition) is 3. The van der Waals surface area contributed by atoms with Gasteiger partial charge in [-0.3, -0.25) is 4.79 Å². The minimum Gasteiger partial charge on any atom is -0.463 e. The van der Waals surface area contributed by atoms with E-state index in [0.717, 1.165) is 22.3 Å². The molecule has 1 amide bonds. The molecule has 220 valence electrons. The van der Waals surface area contributed by atoms with Crippen LogP contribution in [0.5, 0.6) is 0 Å². The maximum atomic E-state index is 12.9. The summed E-state index contributed by atoms with van der Waals surface area (Å²) < 4.78 is 27.0. The van der Waals surface area contributed by atoms with Crippen LogP contribution in [0, 0.1) is 5.92 Å². The number of hydrogen-bond acceptors (Lipinski definition) is 10. The van der Waals surface area contributed by atoms with E-state index in [1.165, 1.54) is 13.0 Å². The number of ether oxygens (including phenoxy) is 5. The molecule has 0 saturated carbocycles. The molecule has 11 nitrogen and oxygen atoms in total. The fourth-order valence-corrected chi connectivity index (χ4v) is 4.98. The highest BCUT2D eigenvalue weighted by molar-refractivity contribution is 5.82. The lowest BCUT2D eigenvalue weighted by atomic mass is 9.92. The summed E-state index contributed by atoms with van der Waals surface area (Å²) in [7, 11) is 0. The van der Waals surface area contributed by atoms with Crippen LogP contribution in [0.1, 0.15) is 30.9 Å². The number of alkyl carbamates (subject to hydrolysis) is 1. The summed E-state index contributed by atoms with van der Waals surface area (Å²) >= 11 is 0. The fraction of sp³-hybridized carbons (Fsp3) is 0.433. The van der Waals surface area contributed by atoms with Crippen molar-refractivity contribution in [3.8, 4) is 11.1 Å². The van der Waals surface area contributed by atoms with Gasteiger partial charge in [0, 0.05) is 18.8 Å². The standard InChI is InChI=1S/C30H35NO10/c1-4-13-37-28(35)24(15-39-29-17(2)26(33)27(34)25(41-29)16-38-18(3)32)31-30(36)40-14-23-21-11-7-5-9-19(21)20-10-6-8-12-22(20)23/h4-12,17,23-27,29,33-34H,1,13-16H2,2-3H3,(H,31,36)/t17-,24-,25?,26?,27+,29+/m0/s1. The van der Waals surface area contributed by atoms with E-state index in [0.29, 0.717) is 0 Å². The fourth-order valence-electron chi connectivity index (χ4n) is 4.98. The summed E-state index contributed by atoms with van der Waals surface area (Å²) in [6, 6.07) is 14.5. The topological polar surface area (TPSA) is 150 Å². The number of carbonyl (C=O) groups is 3. The molecule has 1 fully saturated rings. The number of amides is 1. The van der Waals surface area contributed by atoms with Crippen LogP contribution in [0.15, 0.2) is 61.2 Å². The number of rotatable bonds is 11. The molecule has 2 aromatic rings. The molecule has 1 saturated heterocycles. The lowest BCUT2D eigenvalue weighted by Gasteiger charge is -2.41. The van der Waals surface area contributed by atoms with E-state index in [4.69, 9.17) is 23.7 Å². The molecule has 3 N–H and O–H groups in total. The van der Waals surface area contributed by atoms with E-state index in [2.05, 4.69) is 11.9 Å². The van der Waals surface area contributed by atoms with E-state index in [9.17, 15) is 24.6 Å². The largest absolute Gasteiger partial charge is 0.463 e. The Hall–Kier alpha value is -3.77. The first kappa shape index (κ1) is 30.2. The summed E-state index contributed by atoms with van der Waals surface area (Å²) in [5.74, 6) is -2.25. The van der Waals surface area contributed by atoms with E-state index in [-0.39, 0.29) is 25.7 Å². The van der Waals surface area contributed by atoms with Crippen LogP contribution >= 0.6 is 0 Å². The number of nitrogens with one attached hydrogen (secondary N) is 1. The van der Waals surface area contributed by atoms with E-state index in [1.54, 1.807) is 6.92 Å². The van der Waals surface area contributed by atoms with Crippen molar-refractivity contribution in [3.63, 3.8) is 0 Å². The van der Waals surface area contributed by atoms with Gasteiger partial charge in [-0.05, 0) is 22.3 Å². The number of aliphatic hydroxyl groups excluding tert-OH is 2. The Bertz CT molecular complexity index is 1200. The second-order valence-corrected chi connectivity index (χ2v) is 9.96. The average molecular weight is 570 g/mol. The first-order valence-electron chi connectivity index (χ1n) is 13.4. The molecule has 0 radical (unpaired) electrons. The summed E-state index contributed by atoms with van der Waals surface area (Å²) in [6.07, 6.45) is -4.19. The minimum atomic E-state index is -1.32. The second-order valence-electron chi connectivity index (χ2n) is 9.96. The van der Waals surface area contributed by atoms with Gasteiger partial charge in [-0.15, -0.1) is 0 Å². The van der Waals surface area contributed by atoms with Crippen molar-refractivity contribution in [2.75, 3.05) is 26.4 Å². The van der Waals surface area contributed by atoms with Crippen LogP contribution in [0.25, 0.3) is 11.1 Å². The Morgan fingerprint density at radius 3 is 2.22 bits per heavy atom. The number of aliphatic hydroxyl groups is 2. The molecule has 2 aromatic carbocycles. The van der Waals surface area contributed by atoms with Crippen LogP contribution in [0.2, 0.25) is 0 Å². The Morgan fingerprint density at radius 2 is 1.61 bits per heavy atom. The highest BCUT2D eigenvalue weighted by Crippen LogP contribution is 2.44. The normalized spacial score (nSPS) is 24.0. The molecule has 2 unspecified atom stereocenters. The predicted molar refractivity (Wildman–Crippen MR) is 146 cm³/mol. The predicted octanol–water partition coefficient (Wildman–Crippen LogP) is 2.29. The molecule has 1 aliphatic carbocycles. The molecule has 0 aromatic heterocycles. The Balaban J connectivity index is 1.39. The van der Waals surface area contributed by atoms with Gasteiger partial charge in [0.25, 0.3) is 0 Å². The van der Waals surface area contributed by atoms with Crippen molar-refractivity contribution in [2.24, 2.45) is 5.92 Å². The number of benzene rings is 2. The molecule has 6 atom stereocenters. The third-order valence-electron chi connectivity index (χ3n) is 7.15. The van der Waals surface area contributed by atoms with Gasteiger partial charge >= 0.3 is 18.0 Å². The third-order valence-corrected chi connectivity index (χ3v) is 7.15. The summed E-state index contributed by atoms with van der Waals surface area (Å²) in [6.45, 7) is 5.57. The van der Waals surface area contributed by atoms with Crippen molar-refractivity contribution in [1.82, 2.24) is 5.32 Å². The molecule has 0 bridgehead atoms. The highest BCUT2D eigenvalue weighted by Gasteiger charge is 2.43. The molecule has 41 heavy (non-hydrogen) atoms. The maximum Gasteiger partial charge on any atom is 0.407 e. The molecular formula is C30H35NO10. The Kier molecular flexibility index (Phi) is 10.1. The molecule has 1 heterocycles. The van der Waals surface area contributed by atoms with Crippen molar-refractivity contribution in [3.05, 3.63) is 72.3 Å². The van der Waals surface area contributed by atoms with E-state index >= 15 is 0 Å². The highest BCUT2D eigenvalue weighted by atomic mass is 16.7. The third kappa shape index (κ3) is 7.12. The smallest absolute Gasteiger partial charge is 0.407 e. The lowest BCUT2D eigenvalue weighted by Crippen LogP contribution is -2.56. The number of carbonyl (C=O) groups excluding carboxylic acids is 3. The number of esters is 2. The zero-order valence-electron chi connectivity index (χ0n) is 22.9. The number of fused-ring (bicyclic) bond motifs is 3. The van der Waals surface area contributed by atoms with Gasteiger partial charge < -0.3 is 39.2 Å². The van der Waals surface area contributed by atoms with Crippen LogP contribution in [0.4, 0.5) is 4.79 Å². The monoisotopic (exact) mass is 569 g/mol. The first-order valence-corrected chi connectivity index (χ1v) is 13.4. The molecule has 1 aliphatic heterocycles. The first-order chi connectivity index (χ1) is 19.7. The lowest BCUT2D eigenvalue weighted by molar-refractivity contribution is -0.284. The van der Waals surface area contributed by atoms with Gasteiger partial charge in [0.1, 0.15) is 32.0 Å². The molecule has 4 rings (SSSR count). The maximum absolute atomic E-state index is 12.9. The van der Waals surface area contributed by atoms with Gasteiger partial charge in [-0.2, -0.15) is 0 Å². The average Bonchev–Trinajstić information content (AvgIpc) is 3.29. The van der Waals surface area contributed by atoms with Gasteiger partial charge in [0.15, 0.2) is 12.3 Å². The van der Waals surface area contributed by atoms with Crippen LogP contribution in [-0.4, -0.2) is 85.3 Å². The Labute approximate surface area is 238 Å². The summed E-state index contributed by atoms with van der Waals surface area (Å²) in [5, 5.41) is 23.3. The van der Waals surface area contributed by atoms with Gasteiger partial charge in [0.2, 0.25) is 0 Å². The minimum absolute atomic E-state index is 0.0415. The molecule has 11 heteroatoms. The molecule has 2 aliphatic rings. The van der Waals surface area contributed by atoms with E-state index in [1.807, 2.05) is 48.5 Å². The molecule has 0 spiro atoms. The quantitative estimate of drug-likeness (QED) is 0.209. The SMILES string of the molecule is C=CCOC(=O)[C@H](CO[C@@H]1OC(COC(C)=O)[C@@H](O)C(O)[C@@H]1C)NC(=O)OCC1c2ccccc2-c2ccccc21. The van der Waals surface area contributed by atoms with Crippen molar-refractivity contribution < 1.29 is 48.3 Å².